The van der Waals surface area contributed by atoms with Gasteiger partial charge in [0.2, 0.25) is 5.91 Å². The molecule has 0 spiro atoms. The van der Waals surface area contributed by atoms with Crippen molar-refractivity contribution in [3.63, 3.8) is 0 Å². The molecule has 7 nitrogen and oxygen atoms in total. The number of urea groups is 1. The SMILES string of the molecule is CC(C)NC(=O)NC(=O)CN1CCCCC1(C)C(=O)O. The van der Waals surface area contributed by atoms with Crippen molar-refractivity contribution in [3.05, 3.63) is 0 Å². The lowest BCUT2D eigenvalue weighted by Crippen LogP contribution is -2.58. The molecule has 0 aromatic rings. The van der Waals surface area contributed by atoms with Gasteiger partial charge in [0.05, 0.1) is 6.54 Å². The molecule has 3 N–H and O–H groups in total. The van der Waals surface area contributed by atoms with Crippen molar-refractivity contribution in [2.75, 3.05) is 13.1 Å². The van der Waals surface area contributed by atoms with Crippen LogP contribution in [-0.2, 0) is 9.59 Å². The van der Waals surface area contributed by atoms with Crippen LogP contribution in [0, 0.1) is 0 Å². The van der Waals surface area contributed by atoms with Gasteiger partial charge < -0.3 is 10.4 Å². The Morgan fingerprint density at radius 1 is 1.30 bits per heavy atom. The zero-order valence-corrected chi connectivity index (χ0v) is 12.2. The molecule has 1 aliphatic rings. The Kier molecular flexibility index (Phi) is 5.50. The van der Waals surface area contributed by atoms with Crippen LogP contribution in [-0.4, -0.2) is 52.6 Å². The van der Waals surface area contributed by atoms with Crippen molar-refractivity contribution in [2.45, 2.75) is 51.6 Å². The van der Waals surface area contributed by atoms with Gasteiger partial charge in [-0.15, -0.1) is 0 Å². The van der Waals surface area contributed by atoms with Gasteiger partial charge >= 0.3 is 12.0 Å². The molecular weight excluding hydrogens is 262 g/mol. The second kappa shape index (κ2) is 6.69. The van der Waals surface area contributed by atoms with Gasteiger partial charge in [0.1, 0.15) is 5.54 Å². The van der Waals surface area contributed by atoms with E-state index < -0.39 is 23.4 Å². The van der Waals surface area contributed by atoms with Crippen molar-refractivity contribution in [2.24, 2.45) is 0 Å². The van der Waals surface area contributed by atoms with E-state index in [2.05, 4.69) is 10.6 Å². The minimum absolute atomic E-state index is 0.0675. The van der Waals surface area contributed by atoms with E-state index in [0.29, 0.717) is 13.0 Å². The number of carboxylic acid groups (broad SMARTS) is 1. The summed E-state index contributed by atoms with van der Waals surface area (Å²) < 4.78 is 0. The summed E-state index contributed by atoms with van der Waals surface area (Å²) in [4.78, 5) is 36.2. The molecule has 7 heteroatoms. The van der Waals surface area contributed by atoms with Crippen LogP contribution in [0.15, 0.2) is 0 Å². The Balaban J connectivity index is 2.59. The van der Waals surface area contributed by atoms with E-state index in [1.165, 1.54) is 0 Å². The fourth-order valence-electron chi connectivity index (χ4n) is 2.31. The van der Waals surface area contributed by atoms with Gasteiger partial charge in [0.25, 0.3) is 0 Å². The van der Waals surface area contributed by atoms with Gasteiger partial charge in [-0.2, -0.15) is 0 Å². The molecule has 114 valence electrons. The summed E-state index contributed by atoms with van der Waals surface area (Å²) in [5.41, 5.74) is -1.04. The number of amides is 3. The zero-order valence-electron chi connectivity index (χ0n) is 12.2. The summed E-state index contributed by atoms with van der Waals surface area (Å²) in [7, 11) is 0. The van der Waals surface area contributed by atoms with Crippen molar-refractivity contribution in [1.29, 1.82) is 0 Å². The number of nitrogens with zero attached hydrogens (tertiary/aromatic N) is 1. The van der Waals surface area contributed by atoms with Crippen LogP contribution >= 0.6 is 0 Å². The Morgan fingerprint density at radius 2 is 1.95 bits per heavy atom. The zero-order chi connectivity index (χ0) is 15.3. The van der Waals surface area contributed by atoms with Crippen LogP contribution in [0.25, 0.3) is 0 Å². The molecule has 1 aliphatic heterocycles. The van der Waals surface area contributed by atoms with Gasteiger partial charge in [0.15, 0.2) is 0 Å². The maximum absolute atomic E-state index is 11.8. The molecule has 0 aromatic heterocycles. The summed E-state index contributed by atoms with van der Waals surface area (Å²) in [5.74, 6) is -1.42. The van der Waals surface area contributed by atoms with Gasteiger partial charge in [-0.05, 0) is 46.6 Å². The first kappa shape index (κ1) is 16.4. The van der Waals surface area contributed by atoms with E-state index in [-0.39, 0.29) is 12.6 Å². The van der Waals surface area contributed by atoms with Crippen molar-refractivity contribution >= 4 is 17.9 Å². The van der Waals surface area contributed by atoms with Crippen LogP contribution in [0.5, 0.6) is 0 Å². The number of nitrogens with one attached hydrogen (secondary N) is 2. The Bertz CT molecular complexity index is 397. The third kappa shape index (κ3) is 4.19. The Labute approximate surface area is 118 Å². The lowest BCUT2D eigenvalue weighted by molar-refractivity contribution is -0.153. The van der Waals surface area contributed by atoms with Gasteiger partial charge in [-0.25, -0.2) is 4.79 Å². The molecule has 0 aromatic carbocycles. The number of carbonyl (C=O) groups is 3. The lowest BCUT2D eigenvalue weighted by atomic mass is 9.88. The predicted octanol–water partition coefficient (Wildman–Crippen LogP) is 0.550. The maximum atomic E-state index is 11.8. The Morgan fingerprint density at radius 3 is 2.50 bits per heavy atom. The van der Waals surface area contributed by atoms with Gasteiger partial charge in [-0.3, -0.25) is 19.8 Å². The molecular formula is C13H23N3O4. The van der Waals surface area contributed by atoms with Gasteiger partial charge in [-0.1, -0.05) is 0 Å². The van der Waals surface area contributed by atoms with Gasteiger partial charge in [0, 0.05) is 6.04 Å². The van der Waals surface area contributed by atoms with Crippen LogP contribution in [0.4, 0.5) is 4.79 Å². The predicted molar refractivity (Wildman–Crippen MR) is 73.3 cm³/mol. The number of likely N-dealkylation sites (tertiary alicyclic amines) is 1. The van der Waals surface area contributed by atoms with E-state index in [1.54, 1.807) is 25.7 Å². The smallest absolute Gasteiger partial charge is 0.323 e. The van der Waals surface area contributed by atoms with E-state index in [9.17, 15) is 19.5 Å². The average Bonchev–Trinajstić information content (AvgIpc) is 2.30. The van der Waals surface area contributed by atoms with Crippen molar-refractivity contribution in [3.8, 4) is 0 Å². The number of imide groups is 1. The quantitative estimate of drug-likeness (QED) is 0.700. The number of rotatable bonds is 4. The summed E-state index contributed by atoms with van der Waals surface area (Å²) in [5, 5.41) is 14.1. The Hall–Kier alpha value is -1.63. The van der Waals surface area contributed by atoms with Crippen LogP contribution in [0.3, 0.4) is 0 Å². The van der Waals surface area contributed by atoms with Crippen molar-refractivity contribution in [1.82, 2.24) is 15.5 Å². The highest BCUT2D eigenvalue weighted by Crippen LogP contribution is 2.27. The highest BCUT2D eigenvalue weighted by molar-refractivity contribution is 5.95. The molecule has 1 heterocycles. The second-order valence-corrected chi connectivity index (χ2v) is 5.63. The summed E-state index contributed by atoms with van der Waals surface area (Å²) in [6.07, 6.45) is 2.19. The highest BCUT2D eigenvalue weighted by atomic mass is 16.4. The van der Waals surface area contributed by atoms with Crippen LogP contribution in [0.2, 0.25) is 0 Å². The first-order chi connectivity index (χ1) is 9.25. The molecule has 1 atom stereocenters. The molecule has 1 fully saturated rings. The standard InChI is InChI=1S/C13H23N3O4/c1-9(2)14-12(20)15-10(17)8-16-7-5-4-6-13(16,3)11(18)19/h9H,4-8H2,1-3H3,(H,18,19)(H2,14,15,17,20). The van der Waals surface area contributed by atoms with Crippen LogP contribution in [0.1, 0.15) is 40.0 Å². The number of piperidine rings is 1. The van der Waals surface area contributed by atoms with E-state index >= 15 is 0 Å². The highest BCUT2D eigenvalue weighted by Gasteiger charge is 2.42. The third-order valence-corrected chi connectivity index (χ3v) is 3.51. The molecule has 0 aliphatic carbocycles. The fraction of sp³-hybridized carbons (Fsp3) is 0.769. The molecule has 0 bridgehead atoms. The van der Waals surface area contributed by atoms with E-state index in [1.807, 2.05) is 0 Å². The first-order valence-electron chi connectivity index (χ1n) is 6.84. The molecule has 1 unspecified atom stereocenters. The fourth-order valence-corrected chi connectivity index (χ4v) is 2.31. The molecule has 3 amide bonds. The molecule has 1 rings (SSSR count). The molecule has 0 radical (unpaired) electrons. The monoisotopic (exact) mass is 285 g/mol. The summed E-state index contributed by atoms with van der Waals surface area (Å²) in [6, 6.07) is -0.624. The molecule has 1 saturated heterocycles. The summed E-state index contributed by atoms with van der Waals surface area (Å²) >= 11 is 0. The van der Waals surface area contributed by atoms with Crippen molar-refractivity contribution < 1.29 is 19.5 Å². The second-order valence-electron chi connectivity index (χ2n) is 5.63. The lowest BCUT2D eigenvalue weighted by Gasteiger charge is -2.41. The number of carbonyl (C=O) groups excluding carboxylic acids is 2. The minimum Gasteiger partial charge on any atom is -0.480 e. The first-order valence-corrected chi connectivity index (χ1v) is 6.84. The van der Waals surface area contributed by atoms with E-state index in [0.717, 1.165) is 12.8 Å². The molecule has 0 saturated carbocycles. The normalized spacial score (nSPS) is 23.4. The number of carboxylic acids is 1. The summed E-state index contributed by atoms with van der Waals surface area (Å²) in [6.45, 7) is 5.65. The largest absolute Gasteiger partial charge is 0.480 e. The number of aliphatic carboxylic acids is 1. The topological polar surface area (TPSA) is 98.7 Å². The average molecular weight is 285 g/mol. The van der Waals surface area contributed by atoms with E-state index in [4.69, 9.17) is 0 Å². The number of hydrogen-bond acceptors (Lipinski definition) is 4. The minimum atomic E-state index is -1.04. The maximum Gasteiger partial charge on any atom is 0.323 e. The van der Waals surface area contributed by atoms with Crippen LogP contribution < -0.4 is 10.6 Å². The molecule has 20 heavy (non-hydrogen) atoms. The number of hydrogen-bond donors (Lipinski definition) is 3. The third-order valence-electron chi connectivity index (χ3n) is 3.51.